The minimum absolute atomic E-state index is 0.0165. The van der Waals surface area contributed by atoms with E-state index in [-0.39, 0.29) is 23.7 Å². The van der Waals surface area contributed by atoms with Crippen LogP contribution in [0.25, 0.3) is 0 Å². The third-order valence-electron chi connectivity index (χ3n) is 3.91. The third-order valence-corrected chi connectivity index (χ3v) is 3.91. The quantitative estimate of drug-likeness (QED) is 0.660. The Labute approximate surface area is 117 Å². The minimum Gasteiger partial charge on any atom is -0.336 e. The highest BCUT2D eigenvalue weighted by Crippen LogP contribution is 2.25. The monoisotopic (exact) mass is 277 g/mol. The molecule has 20 heavy (non-hydrogen) atoms. The molecule has 0 aliphatic carbocycles. The number of nitro benzene ring substituents is 1. The smallest absolute Gasteiger partial charge is 0.273 e. The van der Waals surface area contributed by atoms with Crippen molar-refractivity contribution in [3.05, 3.63) is 39.4 Å². The lowest BCUT2D eigenvalue weighted by Crippen LogP contribution is -2.48. The van der Waals surface area contributed by atoms with Gasteiger partial charge in [0.1, 0.15) is 0 Å². The Bertz CT molecular complexity index is 544. The highest BCUT2D eigenvalue weighted by Gasteiger charge is 2.29. The van der Waals surface area contributed by atoms with Crippen molar-refractivity contribution in [1.82, 2.24) is 4.90 Å². The summed E-state index contributed by atoms with van der Waals surface area (Å²) in [6.07, 6.45) is 1.53. The number of piperidine rings is 1. The van der Waals surface area contributed by atoms with Crippen LogP contribution in [0.15, 0.2) is 18.2 Å². The highest BCUT2D eigenvalue weighted by atomic mass is 16.6. The molecule has 2 unspecified atom stereocenters. The third kappa shape index (κ3) is 2.65. The van der Waals surface area contributed by atoms with E-state index in [1.54, 1.807) is 24.0 Å². The first-order chi connectivity index (χ1) is 9.41. The van der Waals surface area contributed by atoms with Gasteiger partial charge < -0.3 is 10.6 Å². The van der Waals surface area contributed by atoms with Crippen LogP contribution in [-0.4, -0.2) is 34.4 Å². The summed E-state index contributed by atoms with van der Waals surface area (Å²) in [6, 6.07) is 4.80. The molecular formula is C14H19N3O3. The van der Waals surface area contributed by atoms with E-state index in [1.165, 1.54) is 6.07 Å². The molecule has 6 heteroatoms. The van der Waals surface area contributed by atoms with Crippen LogP contribution in [0, 0.1) is 17.0 Å². The maximum Gasteiger partial charge on any atom is 0.273 e. The molecular weight excluding hydrogens is 258 g/mol. The number of amides is 1. The fraction of sp³-hybridized carbons (Fsp3) is 0.500. The summed E-state index contributed by atoms with van der Waals surface area (Å²) in [5, 5.41) is 10.9. The number of hydrogen-bond donors (Lipinski definition) is 1. The zero-order valence-electron chi connectivity index (χ0n) is 11.7. The van der Waals surface area contributed by atoms with E-state index in [0.717, 1.165) is 12.8 Å². The van der Waals surface area contributed by atoms with E-state index >= 15 is 0 Å². The predicted molar refractivity (Wildman–Crippen MR) is 75.5 cm³/mol. The van der Waals surface area contributed by atoms with Crippen molar-refractivity contribution in [3.63, 3.8) is 0 Å². The molecule has 1 heterocycles. The van der Waals surface area contributed by atoms with Crippen molar-refractivity contribution in [2.45, 2.75) is 38.8 Å². The number of nitro groups is 1. The van der Waals surface area contributed by atoms with Gasteiger partial charge in [-0.25, -0.2) is 0 Å². The second kappa shape index (κ2) is 5.58. The summed E-state index contributed by atoms with van der Waals surface area (Å²) in [4.78, 5) is 24.8. The van der Waals surface area contributed by atoms with Crippen molar-refractivity contribution in [2.75, 3.05) is 6.54 Å². The van der Waals surface area contributed by atoms with Gasteiger partial charge in [0.15, 0.2) is 0 Å². The zero-order chi connectivity index (χ0) is 14.9. The average molecular weight is 277 g/mol. The SMILES string of the molecule is Cc1c(C(=O)N2CCC(N)CC2C)cccc1[N+](=O)[O-]. The predicted octanol–water partition coefficient (Wildman–Crippen LogP) is 1.86. The molecule has 0 radical (unpaired) electrons. The van der Waals surface area contributed by atoms with Gasteiger partial charge in [-0.3, -0.25) is 14.9 Å². The Morgan fingerprint density at radius 2 is 2.20 bits per heavy atom. The molecule has 0 bridgehead atoms. The first-order valence-corrected chi connectivity index (χ1v) is 6.72. The molecule has 1 fully saturated rings. The largest absolute Gasteiger partial charge is 0.336 e. The summed E-state index contributed by atoms with van der Waals surface area (Å²) in [5.74, 6) is -0.148. The van der Waals surface area contributed by atoms with E-state index in [9.17, 15) is 14.9 Å². The Morgan fingerprint density at radius 3 is 2.80 bits per heavy atom. The van der Waals surface area contributed by atoms with Crippen molar-refractivity contribution < 1.29 is 9.72 Å². The fourth-order valence-electron chi connectivity index (χ4n) is 2.72. The molecule has 2 N–H and O–H groups in total. The van der Waals surface area contributed by atoms with E-state index in [1.807, 2.05) is 6.92 Å². The molecule has 1 aromatic rings. The van der Waals surface area contributed by atoms with Crippen LogP contribution in [-0.2, 0) is 0 Å². The molecule has 2 atom stereocenters. The minimum atomic E-state index is -0.457. The van der Waals surface area contributed by atoms with Gasteiger partial charge in [0.05, 0.1) is 4.92 Å². The summed E-state index contributed by atoms with van der Waals surface area (Å²) in [7, 11) is 0. The molecule has 1 aromatic carbocycles. The Hall–Kier alpha value is -1.95. The second-order valence-electron chi connectivity index (χ2n) is 5.34. The zero-order valence-corrected chi connectivity index (χ0v) is 11.7. The van der Waals surface area contributed by atoms with Gasteiger partial charge in [-0.15, -0.1) is 0 Å². The lowest BCUT2D eigenvalue weighted by Gasteiger charge is -2.36. The normalized spacial score (nSPS) is 22.6. The van der Waals surface area contributed by atoms with Gasteiger partial charge in [0, 0.05) is 35.8 Å². The molecule has 0 spiro atoms. The molecule has 0 aromatic heterocycles. The maximum absolute atomic E-state index is 12.6. The van der Waals surface area contributed by atoms with E-state index in [0.29, 0.717) is 17.7 Å². The van der Waals surface area contributed by atoms with E-state index < -0.39 is 4.92 Å². The second-order valence-corrected chi connectivity index (χ2v) is 5.34. The van der Waals surface area contributed by atoms with E-state index in [4.69, 9.17) is 5.73 Å². The first-order valence-electron chi connectivity index (χ1n) is 6.72. The van der Waals surface area contributed by atoms with Gasteiger partial charge in [0.25, 0.3) is 11.6 Å². The van der Waals surface area contributed by atoms with E-state index in [2.05, 4.69) is 0 Å². The average Bonchev–Trinajstić information content (AvgIpc) is 2.38. The van der Waals surface area contributed by atoms with Gasteiger partial charge in [-0.05, 0) is 32.8 Å². The van der Waals surface area contributed by atoms with Crippen molar-refractivity contribution >= 4 is 11.6 Å². The van der Waals surface area contributed by atoms with Crippen LogP contribution in [0.4, 0.5) is 5.69 Å². The summed E-state index contributed by atoms with van der Waals surface area (Å²) >= 11 is 0. The van der Waals surface area contributed by atoms with Gasteiger partial charge in [-0.1, -0.05) is 6.07 Å². The Kier molecular flexibility index (Phi) is 4.04. The topological polar surface area (TPSA) is 89.5 Å². The number of nitrogens with two attached hydrogens (primary N) is 1. The number of rotatable bonds is 2. The fourth-order valence-corrected chi connectivity index (χ4v) is 2.72. The molecule has 1 amide bonds. The molecule has 1 aliphatic rings. The number of nitrogens with zero attached hydrogens (tertiary/aromatic N) is 2. The van der Waals surface area contributed by atoms with Crippen molar-refractivity contribution in [1.29, 1.82) is 0 Å². The van der Waals surface area contributed by atoms with Gasteiger partial charge in [-0.2, -0.15) is 0 Å². The standard InChI is InChI=1S/C14H19N3O3/c1-9-8-11(15)6-7-16(9)14(18)12-4-3-5-13(10(12)2)17(19)20/h3-5,9,11H,6-8,15H2,1-2H3. The van der Waals surface area contributed by atoms with Crippen LogP contribution < -0.4 is 5.73 Å². The lowest BCUT2D eigenvalue weighted by molar-refractivity contribution is -0.385. The summed E-state index contributed by atoms with van der Waals surface area (Å²) < 4.78 is 0. The lowest BCUT2D eigenvalue weighted by atomic mass is 9.97. The van der Waals surface area contributed by atoms with Gasteiger partial charge in [0.2, 0.25) is 0 Å². The van der Waals surface area contributed by atoms with Crippen LogP contribution in [0.2, 0.25) is 0 Å². The molecule has 0 saturated carbocycles. The van der Waals surface area contributed by atoms with Crippen LogP contribution >= 0.6 is 0 Å². The molecule has 6 nitrogen and oxygen atoms in total. The number of likely N-dealkylation sites (tertiary alicyclic amines) is 1. The Morgan fingerprint density at radius 1 is 1.50 bits per heavy atom. The van der Waals surface area contributed by atoms with Crippen molar-refractivity contribution in [2.24, 2.45) is 5.73 Å². The first kappa shape index (κ1) is 14.5. The number of benzene rings is 1. The maximum atomic E-state index is 12.6. The molecule has 2 rings (SSSR count). The Balaban J connectivity index is 2.30. The summed E-state index contributed by atoms with van der Waals surface area (Å²) in [5.41, 5.74) is 6.70. The van der Waals surface area contributed by atoms with Crippen LogP contribution in [0.1, 0.15) is 35.7 Å². The highest BCUT2D eigenvalue weighted by molar-refractivity contribution is 5.96. The molecule has 1 aliphatic heterocycles. The van der Waals surface area contributed by atoms with Gasteiger partial charge >= 0.3 is 0 Å². The number of carbonyl (C=O) groups is 1. The summed E-state index contributed by atoms with van der Waals surface area (Å²) in [6.45, 7) is 4.18. The molecule has 1 saturated heterocycles. The van der Waals surface area contributed by atoms with Crippen LogP contribution in [0.5, 0.6) is 0 Å². The van der Waals surface area contributed by atoms with Crippen molar-refractivity contribution in [3.8, 4) is 0 Å². The van der Waals surface area contributed by atoms with Crippen LogP contribution in [0.3, 0.4) is 0 Å². The number of hydrogen-bond acceptors (Lipinski definition) is 4. The molecule has 108 valence electrons. The number of carbonyl (C=O) groups excluding carboxylic acids is 1.